The molecule has 0 bridgehead atoms. The molecule has 0 saturated heterocycles. The SMILES string of the molecule is NC(Cc1ccc(O)cc1)C(=O)O.[Ni].[Pt]. The first-order valence-electron chi connectivity index (χ1n) is 3.86. The molecule has 1 atom stereocenters. The van der Waals surface area contributed by atoms with E-state index in [1.54, 1.807) is 12.1 Å². The van der Waals surface area contributed by atoms with E-state index < -0.39 is 12.0 Å². The summed E-state index contributed by atoms with van der Waals surface area (Å²) in [5.41, 5.74) is 6.12. The van der Waals surface area contributed by atoms with Gasteiger partial charge >= 0.3 is 5.97 Å². The van der Waals surface area contributed by atoms with Crippen LogP contribution in [0, 0.1) is 0 Å². The molecular formula is C9H11NNiO3Pt. The molecule has 1 aromatic carbocycles. The summed E-state index contributed by atoms with van der Waals surface area (Å²) in [4.78, 5) is 10.4. The van der Waals surface area contributed by atoms with Crippen molar-refractivity contribution in [1.82, 2.24) is 0 Å². The summed E-state index contributed by atoms with van der Waals surface area (Å²) in [6.45, 7) is 0. The second-order valence-electron chi connectivity index (χ2n) is 2.82. The summed E-state index contributed by atoms with van der Waals surface area (Å²) in [6.07, 6.45) is 0.273. The van der Waals surface area contributed by atoms with Crippen molar-refractivity contribution in [2.45, 2.75) is 12.5 Å². The Bertz CT molecular complexity index is 305. The third kappa shape index (κ3) is 5.93. The molecule has 15 heavy (non-hydrogen) atoms. The van der Waals surface area contributed by atoms with Gasteiger partial charge in [0.2, 0.25) is 0 Å². The molecule has 1 aromatic rings. The van der Waals surface area contributed by atoms with Gasteiger partial charge in [-0.25, -0.2) is 0 Å². The van der Waals surface area contributed by atoms with Gasteiger partial charge in [0.05, 0.1) is 0 Å². The van der Waals surface area contributed by atoms with Gasteiger partial charge in [0, 0.05) is 37.6 Å². The van der Waals surface area contributed by atoms with E-state index in [0.29, 0.717) is 0 Å². The third-order valence-corrected chi connectivity index (χ3v) is 1.71. The minimum Gasteiger partial charge on any atom is -0.508 e. The van der Waals surface area contributed by atoms with Crippen LogP contribution in [0.5, 0.6) is 5.75 Å². The molecular weight excluding hydrogens is 424 g/mol. The Labute approximate surface area is 112 Å². The number of benzene rings is 1. The third-order valence-electron chi connectivity index (χ3n) is 1.71. The number of aliphatic carboxylic acids is 1. The Kier molecular flexibility index (Phi) is 8.93. The topological polar surface area (TPSA) is 83.5 Å². The number of rotatable bonds is 3. The molecule has 1 rings (SSSR count). The molecule has 6 heteroatoms. The van der Waals surface area contributed by atoms with Crippen LogP contribution in [0.25, 0.3) is 0 Å². The molecule has 0 saturated carbocycles. The average molecular weight is 435 g/mol. The van der Waals surface area contributed by atoms with Crippen molar-refractivity contribution < 1.29 is 52.6 Å². The number of carboxylic acids is 1. The predicted octanol–water partition coefficient (Wildman–Crippen LogP) is 0.342. The monoisotopic (exact) mass is 434 g/mol. The molecule has 0 aliphatic carbocycles. The molecule has 0 aliphatic rings. The van der Waals surface area contributed by atoms with Crippen LogP contribution in [0.3, 0.4) is 0 Å². The molecule has 0 aromatic heterocycles. The van der Waals surface area contributed by atoms with Gasteiger partial charge in [-0.2, -0.15) is 0 Å². The van der Waals surface area contributed by atoms with Crippen molar-refractivity contribution in [1.29, 1.82) is 0 Å². The van der Waals surface area contributed by atoms with E-state index in [2.05, 4.69) is 0 Å². The van der Waals surface area contributed by atoms with E-state index in [-0.39, 0.29) is 49.7 Å². The maximum atomic E-state index is 10.4. The summed E-state index contributed by atoms with van der Waals surface area (Å²) in [5.74, 6) is -0.860. The largest absolute Gasteiger partial charge is 0.508 e. The van der Waals surface area contributed by atoms with E-state index in [4.69, 9.17) is 15.9 Å². The second kappa shape index (κ2) is 7.86. The quantitative estimate of drug-likeness (QED) is 0.599. The molecule has 4 nitrogen and oxygen atoms in total. The maximum absolute atomic E-state index is 10.4. The first kappa shape index (κ1) is 17.0. The Morgan fingerprint density at radius 3 is 2.20 bits per heavy atom. The number of carbonyl (C=O) groups is 1. The zero-order chi connectivity index (χ0) is 9.84. The Morgan fingerprint density at radius 2 is 1.80 bits per heavy atom. The first-order valence-corrected chi connectivity index (χ1v) is 3.86. The van der Waals surface area contributed by atoms with Crippen molar-refractivity contribution >= 4 is 5.97 Å². The van der Waals surface area contributed by atoms with Gasteiger partial charge in [-0.3, -0.25) is 4.79 Å². The van der Waals surface area contributed by atoms with E-state index >= 15 is 0 Å². The van der Waals surface area contributed by atoms with Gasteiger partial charge in [-0.1, -0.05) is 12.1 Å². The van der Waals surface area contributed by atoms with Crippen molar-refractivity contribution in [3.63, 3.8) is 0 Å². The zero-order valence-electron chi connectivity index (χ0n) is 7.61. The average Bonchev–Trinajstić information content (AvgIpc) is 2.08. The van der Waals surface area contributed by atoms with Crippen LogP contribution < -0.4 is 5.73 Å². The van der Waals surface area contributed by atoms with Crippen LogP contribution in [0.15, 0.2) is 24.3 Å². The Hall–Kier alpha value is -0.368. The van der Waals surface area contributed by atoms with E-state index in [1.165, 1.54) is 12.1 Å². The fourth-order valence-electron chi connectivity index (χ4n) is 0.973. The molecule has 1 unspecified atom stereocenters. The van der Waals surface area contributed by atoms with Crippen LogP contribution in [-0.4, -0.2) is 22.2 Å². The number of phenolic OH excluding ortho intramolecular Hbond substituents is 1. The molecule has 0 aliphatic heterocycles. The maximum Gasteiger partial charge on any atom is 0.320 e. The summed E-state index contributed by atoms with van der Waals surface area (Å²) < 4.78 is 0. The number of hydrogen-bond acceptors (Lipinski definition) is 3. The summed E-state index contributed by atoms with van der Waals surface area (Å²) in [7, 11) is 0. The summed E-state index contributed by atoms with van der Waals surface area (Å²) in [6, 6.07) is 5.42. The van der Waals surface area contributed by atoms with Crippen LogP contribution in [-0.2, 0) is 48.8 Å². The zero-order valence-corrected chi connectivity index (χ0v) is 10.9. The van der Waals surface area contributed by atoms with Gasteiger partial charge in [0.1, 0.15) is 11.8 Å². The molecule has 0 heterocycles. The van der Waals surface area contributed by atoms with Crippen molar-refractivity contribution in [3.05, 3.63) is 29.8 Å². The van der Waals surface area contributed by atoms with Gasteiger partial charge in [0.15, 0.2) is 0 Å². The van der Waals surface area contributed by atoms with Crippen LogP contribution in [0.1, 0.15) is 5.56 Å². The minimum absolute atomic E-state index is 0. The van der Waals surface area contributed by atoms with E-state index in [0.717, 1.165) is 5.56 Å². The van der Waals surface area contributed by atoms with Crippen LogP contribution in [0.4, 0.5) is 0 Å². The van der Waals surface area contributed by atoms with Gasteiger partial charge in [-0.05, 0) is 24.1 Å². The second-order valence-corrected chi connectivity index (χ2v) is 2.82. The van der Waals surface area contributed by atoms with Crippen molar-refractivity contribution in [2.75, 3.05) is 0 Å². The Morgan fingerprint density at radius 1 is 1.33 bits per heavy atom. The number of phenols is 1. The standard InChI is InChI=1S/C9H11NO3.Ni.Pt/c10-8(9(12)13)5-6-1-3-7(11)4-2-6;;/h1-4,8,11H,5,10H2,(H,12,13);;. The minimum atomic E-state index is -1.02. The Balaban J connectivity index is 0. The van der Waals surface area contributed by atoms with Gasteiger partial charge < -0.3 is 15.9 Å². The number of aromatic hydroxyl groups is 1. The first-order chi connectivity index (χ1) is 6.09. The van der Waals surface area contributed by atoms with Crippen molar-refractivity contribution in [3.8, 4) is 5.75 Å². The fraction of sp³-hybridized carbons (Fsp3) is 0.222. The molecule has 0 fully saturated rings. The van der Waals surface area contributed by atoms with Crippen molar-refractivity contribution in [2.24, 2.45) is 5.73 Å². The molecule has 0 amide bonds. The summed E-state index contributed by atoms with van der Waals surface area (Å²) in [5, 5.41) is 17.5. The fourth-order valence-corrected chi connectivity index (χ4v) is 0.973. The molecule has 0 spiro atoms. The number of hydrogen-bond donors (Lipinski definition) is 3. The van der Waals surface area contributed by atoms with Crippen LogP contribution in [0.2, 0.25) is 0 Å². The molecule has 4 N–H and O–H groups in total. The summed E-state index contributed by atoms with van der Waals surface area (Å²) >= 11 is 0. The van der Waals surface area contributed by atoms with Gasteiger partial charge in [-0.15, -0.1) is 0 Å². The normalized spacial score (nSPS) is 10.7. The smallest absolute Gasteiger partial charge is 0.320 e. The van der Waals surface area contributed by atoms with E-state index in [1.807, 2.05) is 0 Å². The van der Waals surface area contributed by atoms with Gasteiger partial charge in [0.25, 0.3) is 0 Å². The molecule has 90 valence electrons. The predicted molar refractivity (Wildman–Crippen MR) is 47.4 cm³/mol. The van der Waals surface area contributed by atoms with E-state index in [9.17, 15) is 4.79 Å². The number of nitrogens with two attached hydrogens (primary N) is 1. The van der Waals surface area contributed by atoms with Crippen LogP contribution >= 0.6 is 0 Å². The number of carboxylic acid groups (broad SMARTS) is 1. The molecule has 0 radical (unpaired) electrons.